The van der Waals surface area contributed by atoms with Crippen LogP contribution in [0.1, 0.15) is 5.56 Å². The summed E-state index contributed by atoms with van der Waals surface area (Å²) in [6.07, 6.45) is 4.48. The molecule has 0 saturated carbocycles. The van der Waals surface area contributed by atoms with E-state index in [4.69, 9.17) is 0 Å². The number of hydrogen-bond acceptors (Lipinski definition) is 4. The van der Waals surface area contributed by atoms with Crippen molar-refractivity contribution in [2.24, 2.45) is 0 Å². The summed E-state index contributed by atoms with van der Waals surface area (Å²) in [5, 5.41) is 11.9. The fraction of sp³-hybridized carbons (Fsp3) is 0. The Hall–Kier alpha value is -3.26. The van der Waals surface area contributed by atoms with Gasteiger partial charge >= 0.3 is 0 Å². The van der Waals surface area contributed by atoms with Crippen LogP contribution in [0.3, 0.4) is 0 Å². The lowest BCUT2D eigenvalue weighted by molar-refractivity contribution is -0.384. The second-order valence-corrected chi connectivity index (χ2v) is 6.27. The van der Waals surface area contributed by atoms with E-state index >= 15 is 0 Å². The van der Waals surface area contributed by atoms with Crippen LogP contribution in [0.5, 0.6) is 0 Å². The summed E-state index contributed by atoms with van der Waals surface area (Å²) < 4.78 is 0.856. The van der Waals surface area contributed by atoms with E-state index in [1.165, 1.54) is 29.3 Å². The smallest absolute Gasteiger partial charge is 0.267 e. The summed E-state index contributed by atoms with van der Waals surface area (Å²) in [5.41, 5.74) is 3.58. The minimum absolute atomic E-state index is 0.0189. The first-order chi connectivity index (χ1) is 12.5. The lowest BCUT2D eigenvalue weighted by atomic mass is 10.1. The Morgan fingerprint density at radius 2 is 1.85 bits per heavy atom. The van der Waals surface area contributed by atoms with E-state index in [2.05, 4.69) is 21.4 Å². The number of nitrogens with one attached hydrogen (secondary N) is 1. The Morgan fingerprint density at radius 3 is 2.54 bits per heavy atom. The molecule has 1 aliphatic heterocycles. The molecule has 7 nitrogen and oxygen atoms in total. The number of rotatable bonds is 4. The van der Waals surface area contributed by atoms with Crippen molar-refractivity contribution in [2.75, 3.05) is 5.01 Å². The average Bonchev–Trinajstić information content (AvgIpc) is 2.91. The molecule has 0 bridgehead atoms. The zero-order chi connectivity index (χ0) is 18.7. The molecule has 1 fully saturated rings. The summed E-state index contributed by atoms with van der Waals surface area (Å²) in [4.78, 5) is 34.8. The van der Waals surface area contributed by atoms with Crippen molar-refractivity contribution in [3.8, 4) is 0 Å². The molecule has 1 aliphatic rings. The zero-order valence-electron chi connectivity index (χ0n) is 13.3. The molecule has 1 N–H and O–H groups in total. The predicted molar refractivity (Wildman–Crippen MR) is 100.0 cm³/mol. The van der Waals surface area contributed by atoms with Crippen LogP contribution in [0.2, 0.25) is 0 Å². The number of allylic oxidation sites excluding steroid dienone is 2. The van der Waals surface area contributed by atoms with Gasteiger partial charge in [-0.25, -0.2) is 5.01 Å². The molecule has 8 heteroatoms. The number of benzene rings is 2. The first-order valence-corrected chi connectivity index (χ1v) is 8.29. The molecule has 1 saturated heterocycles. The van der Waals surface area contributed by atoms with Crippen LogP contribution in [0, 0.1) is 10.1 Å². The number of hydrogen-bond donors (Lipinski definition) is 1. The van der Waals surface area contributed by atoms with Crippen LogP contribution in [-0.2, 0) is 9.59 Å². The third kappa shape index (κ3) is 3.70. The van der Waals surface area contributed by atoms with Crippen molar-refractivity contribution in [3.63, 3.8) is 0 Å². The molecule has 0 atom stereocenters. The molecule has 2 amide bonds. The first-order valence-electron chi connectivity index (χ1n) is 7.49. The molecular weight excluding hydrogens is 402 g/mol. The number of nitrogens with zero attached hydrogens (tertiary/aromatic N) is 2. The van der Waals surface area contributed by atoms with Gasteiger partial charge in [0.2, 0.25) is 0 Å². The SMILES string of the molecule is O=C1NN(c2ccc(Br)cc2)C(=O)/C1=C\C=C/c1cccc([N+](=O)[O-])c1. The second-order valence-electron chi connectivity index (χ2n) is 5.35. The number of non-ortho nitro benzene ring substituents is 1. The number of carbonyl (C=O) groups is 2. The van der Waals surface area contributed by atoms with E-state index in [0.29, 0.717) is 11.3 Å². The Balaban J connectivity index is 1.79. The number of nitro groups is 1. The van der Waals surface area contributed by atoms with Gasteiger partial charge in [-0.3, -0.25) is 25.1 Å². The topological polar surface area (TPSA) is 92.6 Å². The van der Waals surface area contributed by atoms with E-state index in [0.717, 1.165) is 4.47 Å². The Morgan fingerprint density at radius 1 is 1.12 bits per heavy atom. The second kappa shape index (κ2) is 7.32. The Labute approximate surface area is 156 Å². The zero-order valence-corrected chi connectivity index (χ0v) is 14.8. The molecule has 2 aromatic rings. The molecule has 0 aromatic heterocycles. The summed E-state index contributed by atoms with van der Waals surface area (Å²) >= 11 is 3.31. The van der Waals surface area contributed by atoms with Gasteiger partial charge in [0.15, 0.2) is 0 Å². The van der Waals surface area contributed by atoms with Crippen LogP contribution in [0.25, 0.3) is 6.08 Å². The third-order valence-corrected chi connectivity index (χ3v) is 4.14. The fourth-order valence-corrected chi connectivity index (χ4v) is 2.61. The Bertz CT molecular complexity index is 951. The largest absolute Gasteiger partial charge is 0.282 e. The number of nitro benzene ring substituents is 1. The predicted octanol–water partition coefficient (Wildman–Crippen LogP) is 3.37. The van der Waals surface area contributed by atoms with Crippen LogP contribution in [-0.4, -0.2) is 16.7 Å². The maximum absolute atomic E-state index is 12.4. The lowest BCUT2D eigenvalue weighted by Gasteiger charge is -2.14. The van der Waals surface area contributed by atoms with Crippen molar-refractivity contribution < 1.29 is 14.5 Å². The fourth-order valence-electron chi connectivity index (χ4n) is 2.35. The van der Waals surface area contributed by atoms with Gasteiger partial charge in [0.05, 0.1) is 10.6 Å². The standard InChI is InChI=1S/C18H12BrN3O4/c19-13-7-9-14(10-8-13)21-18(24)16(17(23)20-21)6-2-4-12-3-1-5-15(11-12)22(25)26/h1-11H,(H,20,23)/b4-2-,16-6-. The van der Waals surface area contributed by atoms with Crippen molar-refractivity contribution in [2.45, 2.75) is 0 Å². The summed E-state index contributed by atoms with van der Waals surface area (Å²) in [5.74, 6) is -0.984. The molecule has 0 aliphatic carbocycles. The normalized spacial score (nSPS) is 15.7. The van der Waals surface area contributed by atoms with Gasteiger partial charge in [0.25, 0.3) is 17.5 Å². The number of carbonyl (C=O) groups excluding carboxylic acids is 2. The van der Waals surface area contributed by atoms with E-state index in [1.54, 1.807) is 42.5 Å². The third-order valence-electron chi connectivity index (χ3n) is 3.61. The number of anilines is 1. The van der Waals surface area contributed by atoms with Gasteiger partial charge in [-0.2, -0.15) is 0 Å². The van der Waals surface area contributed by atoms with Gasteiger partial charge in [0.1, 0.15) is 5.57 Å². The van der Waals surface area contributed by atoms with Crippen LogP contribution in [0.4, 0.5) is 11.4 Å². The van der Waals surface area contributed by atoms with Crippen molar-refractivity contribution >= 4 is 45.2 Å². The maximum atomic E-state index is 12.4. The van der Waals surface area contributed by atoms with Crippen LogP contribution < -0.4 is 10.4 Å². The highest BCUT2D eigenvalue weighted by Gasteiger charge is 2.33. The average molecular weight is 414 g/mol. The van der Waals surface area contributed by atoms with Crippen LogP contribution >= 0.6 is 15.9 Å². The highest BCUT2D eigenvalue weighted by Crippen LogP contribution is 2.22. The van der Waals surface area contributed by atoms with Crippen LogP contribution in [0.15, 0.2) is 70.7 Å². The van der Waals surface area contributed by atoms with E-state index in [-0.39, 0.29) is 11.3 Å². The lowest BCUT2D eigenvalue weighted by Crippen LogP contribution is -2.35. The van der Waals surface area contributed by atoms with Crippen molar-refractivity contribution in [1.82, 2.24) is 5.43 Å². The summed E-state index contributed by atoms with van der Waals surface area (Å²) in [7, 11) is 0. The van der Waals surface area contributed by atoms with Gasteiger partial charge in [-0.05, 0) is 35.9 Å². The molecule has 0 radical (unpaired) electrons. The van der Waals surface area contributed by atoms with E-state index in [1.807, 2.05) is 0 Å². The van der Waals surface area contributed by atoms with Crippen molar-refractivity contribution in [3.05, 3.63) is 86.4 Å². The highest BCUT2D eigenvalue weighted by atomic mass is 79.9. The molecule has 0 unspecified atom stereocenters. The number of amides is 2. The monoisotopic (exact) mass is 413 g/mol. The number of halogens is 1. The summed E-state index contributed by atoms with van der Waals surface area (Å²) in [6.45, 7) is 0. The van der Waals surface area contributed by atoms with Gasteiger partial charge < -0.3 is 0 Å². The quantitative estimate of drug-likeness (QED) is 0.359. The minimum atomic E-state index is -0.512. The Kier molecular flexibility index (Phi) is 4.94. The van der Waals surface area contributed by atoms with Gasteiger partial charge in [0, 0.05) is 16.6 Å². The number of hydrazine groups is 1. The van der Waals surface area contributed by atoms with E-state index < -0.39 is 16.7 Å². The molecular formula is C18H12BrN3O4. The van der Waals surface area contributed by atoms with Gasteiger partial charge in [-0.1, -0.05) is 40.2 Å². The van der Waals surface area contributed by atoms with Crippen molar-refractivity contribution in [1.29, 1.82) is 0 Å². The molecule has 3 rings (SSSR count). The highest BCUT2D eigenvalue weighted by molar-refractivity contribution is 9.10. The summed E-state index contributed by atoms with van der Waals surface area (Å²) in [6, 6.07) is 13.0. The molecule has 26 heavy (non-hydrogen) atoms. The molecule has 130 valence electrons. The molecule has 2 aromatic carbocycles. The minimum Gasteiger partial charge on any atom is -0.267 e. The van der Waals surface area contributed by atoms with Gasteiger partial charge in [-0.15, -0.1) is 0 Å². The molecule has 0 spiro atoms. The molecule has 1 heterocycles. The van der Waals surface area contributed by atoms with E-state index in [9.17, 15) is 19.7 Å². The first kappa shape index (κ1) is 17.6. The maximum Gasteiger partial charge on any atom is 0.282 e.